The molecule has 1 aromatic carbocycles. The second-order valence-electron chi connectivity index (χ2n) is 12.3. The molecule has 1 aromatic heterocycles. The van der Waals surface area contributed by atoms with Gasteiger partial charge in [-0.15, -0.1) is 0 Å². The van der Waals surface area contributed by atoms with E-state index in [0.29, 0.717) is 0 Å². The van der Waals surface area contributed by atoms with Crippen molar-refractivity contribution in [2.24, 2.45) is 0 Å². The third-order valence-electron chi connectivity index (χ3n) is 8.06. The van der Waals surface area contributed by atoms with Crippen LogP contribution < -0.4 is 9.47 Å². The summed E-state index contributed by atoms with van der Waals surface area (Å²) in [7, 11) is -0.766. The van der Waals surface area contributed by atoms with E-state index >= 15 is 0 Å². The van der Waals surface area contributed by atoms with Crippen molar-refractivity contribution < 1.29 is 22.1 Å². The minimum absolute atomic E-state index is 1.13. The Morgan fingerprint density at radius 3 is 1.27 bits per heavy atom. The molecule has 2 rings (SSSR count). The lowest BCUT2D eigenvalue weighted by Crippen LogP contribution is -2.32. The molecule has 0 unspecified atom stereocenters. The molecule has 0 bridgehead atoms. The second-order valence-corrected chi connectivity index (χ2v) is 13.2. The Kier molecular flexibility index (Phi) is 23.6. The van der Waals surface area contributed by atoms with Gasteiger partial charge in [-0.3, -0.25) is 4.55 Å². The maximum atomic E-state index is 8.63. The van der Waals surface area contributed by atoms with E-state index in [9.17, 15) is 0 Å². The first-order valence-electron chi connectivity index (χ1n) is 17.3. The number of benzene rings is 1. The van der Waals surface area contributed by atoms with Crippen molar-refractivity contribution >= 4 is 28.2 Å². The molecular weight excluding hydrogens is 568 g/mol. The van der Waals surface area contributed by atoms with Gasteiger partial charge in [0.2, 0.25) is 10.4 Å². The Balaban J connectivity index is 0.00000178. The molecule has 0 atom stereocenters. The van der Waals surface area contributed by atoms with Gasteiger partial charge in [-0.2, -0.15) is 0 Å². The van der Waals surface area contributed by atoms with Gasteiger partial charge in [0.15, 0.2) is 12.4 Å². The predicted molar refractivity (Wildman–Crippen MR) is 187 cm³/mol. The molecule has 250 valence electrons. The first kappa shape index (κ1) is 39.8. The highest BCUT2D eigenvalue weighted by Gasteiger charge is 2.01. The lowest BCUT2D eigenvalue weighted by molar-refractivity contribution is -0.697. The third kappa shape index (κ3) is 25.1. The first-order valence-corrected chi connectivity index (χ1v) is 18.7. The van der Waals surface area contributed by atoms with Gasteiger partial charge in [-0.1, -0.05) is 147 Å². The highest BCUT2D eigenvalue weighted by Crippen LogP contribution is 2.16. The Morgan fingerprint density at radius 2 is 0.932 bits per heavy atom. The van der Waals surface area contributed by atoms with Crippen molar-refractivity contribution in [3.8, 4) is 0 Å². The number of hydrogen-bond donors (Lipinski definition) is 1. The molecule has 1 N–H and O–H groups in total. The number of anilines is 1. The van der Waals surface area contributed by atoms with Crippen molar-refractivity contribution in [3.63, 3.8) is 0 Å². The summed E-state index contributed by atoms with van der Waals surface area (Å²) in [6.07, 6.45) is 37.6. The van der Waals surface area contributed by atoms with E-state index in [-0.39, 0.29) is 0 Å². The van der Waals surface area contributed by atoms with E-state index in [1.807, 2.05) is 0 Å². The number of hydrogen-bond acceptors (Lipinski definition) is 4. The molecule has 1 heterocycles. The Labute approximate surface area is 270 Å². The summed E-state index contributed by atoms with van der Waals surface area (Å²) in [6.45, 7) is 3.44. The third-order valence-corrected chi connectivity index (χ3v) is 8.06. The standard InChI is InChI=1S/C37H61N2.H2O4S/c1-4-5-6-7-8-9-10-11-12-13-14-15-16-17-18-19-20-21-22-23-32-39-33-30-36(31-34-39)25-24-35-26-28-37(29-27-35)38(2)3;1-5(2,3)4/h24-31,33-34H,4-23,32H2,1-3H3;(H2,1,2,3,4)/q+1;/p-1. The topological polar surface area (TPSA) is 84.6 Å². The van der Waals surface area contributed by atoms with Crippen molar-refractivity contribution in [1.82, 2.24) is 0 Å². The van der Waals surface area contributed by atoms with Crippen LogP contribution in [0.1, 0.15) is 146 Å². The number of pyridine rings is 1. The van der Waals surface area contributed by atoms with Crippen LogP contribution in [0.2, 0.25) is 0 Å². The van der Waals surface area contributed by atoms with Crippen LogP contribution in [0.25, 0.3) is 12.2 Å². The average Bonchev–Trinajstić information content (AvgIpc) is 2.99. The number of nitrogens with zero attached hydrogens (tertiary/aromatic N) is 2. The van der Waals surface area contributed by atoms with Gasteiger partial charge in [0.05, 0.1) is 0 Å². The molecule has 6 nitrogen and oxygen atoms in total. The molecule has 0 saturated heterocycles. The first-order chi connectivity index (χ1) is 21.2. The van der Waals surface area contributed by atoms with Crippen LogP contribution in [-0.2, 0) is 16.9 Å². The molecule has 0 aliphatic heterocycles. The summed E-state index contributed by atoms with van der Waals surface area (Å²) in [5.74, 6) is 0. The monoisotopic (exact) mass is 630 g/mol. The van der Waals surface area contributed by atoms with E-state index in [0.717, 1.165) is 6.54 Å². The zero-order valence-electron chi connectivity index (χ0n) is 28.1. The molecule has 2 aromatic rings. The van der Waals surface area contributed by atoms with Crippen LogP contribution in [0, 0.1) is 0 Å². The highest BCUT2D eigenvalue weighted by atomic mass is 32.3. The van der Waals surface area contributed by atoms with Gasteiger partial charge in [0, 0.05) is 38.3 Å². The lowest BCUT2D eigenvalue weighted by Gasteiger charge is -2.11. The highest BCUT2D eigenvalue weighted by molar-refractivity contribution is 7.79. The lowest BCUT2D eigenvalue weighted by atomic mass is 10.0. The summed E-state index contributed by atoms with van der Waals surface area (Å²) in [5.41, 5.74) is 3.73. The Hall–Kier alpha value is -2.22. The zero-order valence-corrected chi connectivity index (χ0v) is 28.9. The molecule has 0 fully saturated rings. The van der Waals surface area contributed by atoms with Gasteiger partial charge in [-0.25, -0.2) is 13.0 Å². The Bertz CT molecular complexity index is 1060. The molecule has 0 amide bonds. The summed E-state index contributed by atoms with van der Waals surface area (Å²) >= 11 is 0. The zero-order chi connectivity index (χ0) is 32.3. The van der Waals surface area contributed by atoms with Crippen LogP contribution in [0.4, 0.5) is 5.69 Å². The molecule has 0 radical (unpaired) electrons. The van der Waals surface area contributed by atoms with Crippen molar-refractivity contribution in [2.75, 3.05) is 19.0 Å². The van der Waals surface area contributed by atoms with Crippen LogP contribution in [-0.4, -0.2) is 31.6 Å². The second kappa shape index (κ2) is 26.0. The average molecular weight is 631 g/mol. The molecule has 0 saturated carbocycles. The fraction of sp³-hybridized carbons (Fsp3) is 0.649. The smallest absolute Gasteiger partial charge is 0.215 e. The van der Waals surface area contributed by atoms with Gasteiger partial charge >= 0.3 is 0 Å². The van der Waals surface area contributed by atoms with Crippen molar-refractivity contribution in [1.29, 1.82) is 0 Å². The quantitative estimate of drug-likeness (QED) is 0.0540. The van der Waals surface area contributed by atoms with Crippen LogP contribution in [0.5, 0.6) is 0 Å². The SMILES string of the molecule is CCCCCCCCCCCCCCCCCCCCCC[n+]1ccc(C=Cc2ccc(N(C)C)cc2)cc1.O=S(=O)([O-])O. The minimum Gasteiger partial charge on any atom is -0.726 e. The predicted octanol–water partition coefficient (Wildman–Crippen LogP) is 10.0. The maximum Gasteiger partial charge on any atom is 0.215 e. The maximum absolute atomic E-state index is 8.63. The van der Waals surface area contributed by atoms with Crippen LogP contribution in [0.3, 0.4) is 0 Å². The number of aromatic nitrogens is 1. The molecule has 44 heavy (non-hydrogen) atoms. The molecule has 0 aliphatic rings. The van der Waals surface area contributed by atoms with Gasteiger partial charge in [-0.05, 0) is 29.7 Å². The fourth-order valence-corrected chi connectivity index (χ4v) is 5.35. The van der Waals surface area contributed by atoms with E-state index in [1.54, 1.807) is 0 Å². The molecular formula is C37H62N2O4S. The molecule has 0 aliphatic carbocycles. The number of rotatable bonds is 24. The fourth-order valence-electron chi connectivity index (χ4n) is 5.35. The normalized spacial score (nSPS) is 11.5. The van der Waals surface area contributed by atoms with Gasteiger partial charge in [0.1, 0.15) is 6.54 Å². The summed E-state index contributed by atoms with van der Waals surface area (Å²) in [4.78, 5) is 2.13. The summed E-state index contributed by atoms with van der Waals surface area (Å²) < 4.78 is 35.2. The van der Waals surface area contributed by atoms with Crippen molar-refractivity contribution in [3.05, 3.63) is 59.9 Å². The number of unbranched alkanes of at least 4 members (excludes halogenated alkanes) is 19. The van der Waals surface area contributed by atoms with E-state index in [4.69, 9.17) is 17.5 Å². The van der Waals surface area contributed by atoms with Crippen LogP contribution in [0.15, 0.2) is 48.8 Å². The van der Waals surface area contributed by atoms with Crippen LogP contribution >= 0.6 is 0 Å². The largest absolute Gasteiger partial charge is 0.726 e. The van der Waals surface area contributed by atoms with E-state index in [2.05, 4.69) is 91.4 Å². The van der Waals surface area contributed by atoms with Crippen molar-refractivity contribution in [2.45, 2.75) is 142 Å². The van der Waals surface area contributed by atoms with E-state index < -0.39 is 10.4 Å². The molecule has 7 heteroatoms. The van der Waals surface area contributed by atoms with Gasteiger partial charge in [0.25, 0.3) is 0 Å². The molecule has 0 spiro atoms. The number of aryl methyl sites for hydroxylation is 1. The summed E-state index contributed by atoms with van der Waals surface area (Å²) in [6, 6.07) is 13.1. The summed E-state index contributed by atoms with van der Waals surface area (Å²) in [5, 5.41) is 0. The van der Waals surface area contributed by atoms with E-state index in [1.165, 1.54) is 145 Å². The Morgan fingerprint density at radius 1 is 0.614 bits per heavy atom. The van der Waals surface area contributed by atoms with Gasteiger partial charge < -0.3 is 9.45 Å². The minimum atomic E-state index is -4.92.